The van der Waals surface area contributed by atoms with Gasteiger partial charge in [-0.3, -0.25) is 9.59 Å². The molecule has 0 aromatic carbocycles. The van der Waals surface area contributed by atoms with Crippen molar-refractivity contribution in [3.63, 3.8) is 0 Å². The maximum absolute atomic E-state index is 11.7. The van der Waals surface area contributed by atoms with Gasteiger partial charge in [0.1, 0.15) is 0 Å². The number of hydrogen-bond donors (Lipinski definition) is 2. The van der Waals surface area contributed by atoms with Crippen molar-refractivity contribution in [2.24, 2.45) is 0 Å². The Kier molecular flexibility index (Phi) is 5.77. The molecule has 2 N–H and O–H groups in total. The fourth-order valence-electron chi connectivity index (χ4n) is 1.99. The molecule has 0 bridgehead atoms. The second-order valence-corrected chi connectivity index (χ2v) is 4.49. The zero-order valence-corrected chi connectivity index (χ0v) is 10.8. The Morgan fingerprint density at radius 2 is 2.11 bits per heavy atom. The van der Waals surface area contributed by atoms with Gasteiger partial charge in [0.2, 0.25) is 5.91 Å². The molecule has 0 aromatic rings. The molecule has 1 saturated heterocycles. The quantitative estimate of drug-likeness (QED) is 0.524. The lowest BCUT2D eigenvalue weighted by Crippen LogP contribution is -2.48. The van der Waals surface area contributed by atoms with Crippen LogP contribution in [0.1, 0.15) is 32.6 Å². The van der Waals surface area contributed by atoms with Crippen molar-refractivity contribution in [3.8, 4) is 0 Å². The number of hydrogen-bond acceptors (Lipinski definition) is 5. The van der Waals surface area contributed by atoms with Crippen LogP contribution in [0.25, 0.3) is 0 Å². The van der Waals surface area contributed by atoms with Crippen LogP contribution in [0.3, 0.4) is 0 Å². The first-order chi connectivity index (χ1) is 8.54. The number of rotatable bonds is 5. The van der Waals surface area contributed by atoms with Gasteiger partial charge < -0.3 is 15.4 Å². The third-order valence-corrected chi connectivity index (χ3v) is 2.99. The van der Waals surface area contributed by atoms with Gasteiger partial charge in [-0.15, -0.1) is 0 Å². The summed E-state index contributed by atoms with van der Waals surface area (Å²) in [6, 6.07) is -1.06. The van der Waals surface area contributed by atoms with E-state index in [1.807, 2.05) is 0 Å². The minimum atomic E-state index is -1.19. The summed E-state index contributed by atoms with van der Waals surface area (Å²) in [7, 11) is 1.19. The molecule has 0 aliphatic carbocycles. The summed E-state index contributed by atoms with van der Waals surface area (Å²) in [5, 5.41) is 5.65. The summed E-state index contributed by atoms with van der Waals surface area (Å²) in [5.74, 6) is -1.46. The first kappa shape index (κ1) is 14.6. The molecule has 6 nitrogen and oxygen atoms in total. The molecule has 2 unspecified atom stereocenters. The van der Waals surface area contributed by atoms with Crippen molar-refractivity contribution in [2.45, 2.75) is 44.7 Å². The minimum absolute atomic E-state index is 0.129. The standard InChI is InChI=1S/C12H20N2O4/c1-8(15)11(12(17)18-2)14-10(16)7-9-5-3-4-6-13-9/h9,11,13H,3-7H2,1-2H3,(H,14,16). The Morgan fingerprint density at radius 1 is 1.39 bits per heavy atom. The molecular weight excluding hydrogens is 236 g/mol. The summed E-state index contributed by atoms with van der Waals surface area (Å²) in [5.41, 5.74) is 0. The van der Waals surface area contributed by atoms with E-state index in [2.05, 4.69) is 15.4 Å². The lowest BCUT2D eigenvalue weighted by molar-refractivity contribution is -0.148. The van der Waals surface area contributed by atoms with Gasteiger partial charge in [-0.1, -0.05) is 6.42 Å². The normalized spacial score (nSPS) is 20.9. The molecule has 1 aliphatic rings. The van der Waals surface area contributed by atoms with Gasteiger partial charge in [0.25, 0.3) is 0 Å². The highest BCUT2D eigenvalue weighted by Crippen LogP contribution is 2.10. The molecule has 0 radical (unpaired) electrons. The van der Waals surface area contributed by atoms with Gasteiger partial charge in [-0.25, -0.2) is 4.79 Å². The molecule has 6 heteroatoms. The van der Waals surface area contributed by atoms with Gasteiger partial charge in [-0.05, 0) is 26.3 Å². The molecule has 1 heterocycles. The van der Waals surface area contributed by atoms with Gasteiger partial charge in [0, 0.05) is 12.5 Å². The van der Waals surface area contributed by atoms with Gasteiger partial charge >= 0.3 is 5.97 Å². The lowest BCUT2D eigenvalue weighted by Gasteiger charge is -2.23. The van der Waals surface area contributed by atoms with Crippen molar-refractivity contribution in [2.75, 3.05) is 13.7 Å². The highest BCUT2D eigenvalue weighted by molar-refractivity contribution is 6.04. The number of ether oxygens (including phenoxy) is 1. The third-order valence-electron chi connectivity index (χ3n) is 2.99. The number of nitrogens with one attached hydrogen (secondary N) is 2. The van der Waals surface area contributed by atoms with Gasteiger partial charge in [-0.2, -0.15) is 0 Å². The Balaban J connectivity index is 2.45. The zero-order valence-electron chi connectivity index (χ0n) is 10.8. The van der Waals surface area contributed by atoms with Crippen molar-refractivity contribution in [1.29, 1.82) is 0 Å². The number of carbonyl (C=O) groups is 3. The van der Waals surface area contributed by atoms with E-state index in [0.29, 0.717) is 0 Å². The average Bonchev–Trinajstić information content (AvgIpc) is 2.36. The van der Waals surface area contributed by atoms with E-state index in [1.54, 1.807) is 0 Å². The van der Waals surface area contributed by atoms with Crippen LogP contribution in [0.2, 0.25) is 0 Å². The fraction of sp³-hybridized carbons (Fsp3) is 0.750. The molecule has 1 aliphatic heterocycles. The Morgan fingerprint density at radius 3 is 2.61 bits per heavy atom. The largest absolute Gasteiger partial charge is 0.467 e. The van der Waals surface area contributed by atoms with E-state index in [-0.39, 0.29) is 18.4 Å². The number of ketones is 1. The van der Waals surface area contributed by atoms with Crippen LogP contribution in [0, 0.1) is 0 Å². The van der Waals surface area contributed by atoms with Crippen molar-refractivity contribution in [1.82, 2.24) is 10.6 Å². The van der Waals surface area contributed by atoms with Crippen molar-refractivity contribution >= 4 is 17.7 Å². The first-order valence-corrected chi connectivity index (χ1v) is 6.15. The molecule has 1 amide bonds. The zero-order chi connectivity index (χ0) is 13.5. The SMILES string of the molecule is COC(=O)C(NC(=O)CC1CCCCN1)C(C)=O. The summed E-state index contributed by atoms with van der Waals surface area (Å²) in [6.07, 6.45) is 3.44. The Bertz CT molecular complexity index is 324. The summed E-state index contributed by atoms with van der Waals surface area (Å²) in [4.78, 5) is 34.3. The van der Waals surface area contributed by atoms with Gasteiger partial charge in [0.05, 0.1) is 7.11 Å². The van der Waals surface area contributed by atoms with E-state index in [4.69, 9.17) is 0 Å². The van der Waals surface area contributed by atoms with Crippen LogP contribution in [-0.2, 0) is 19.1 Å². The second kappa shape index (κ2) is 7.10. The van der Waals surface area contributed by atoms with E-state index in [9.17, 15) is 14.4 Å². The van der Waals surface area contributed by atoms with Crippen LogP contribution in [0.15, 0.2) is 0 Å². The Labute approximate surface area is 106 Å². The maximum atomic E-state index is 11.7. The van der Waals surface area contributed by atoms with Gasteiger partial charge in [0.15, 0.2) is 11.8 Å². The van der Waals surface area contributed by atoms with E-state index < -0.39 is 17.8 Å². The first-order valence-electron chi connectivity index (χ1n) is 6.15. The third kappa shape index (κ3) is 4.44. The average molecular weight is 256 g/mol. The predicted molar refractivity (Wildman–Crippen MR) is 64.9 cm³/mol. The number of carbonyl (C=O) groups excluding carboxylic acids is 3. The smallest absolute Gasteiger partial charge is 0.336 e. The van der Waals surface area contributed by atoms with Crippen molar-refractivity contribution < 1.29 is 19.1 Å². The number of methoxy groups -OCH3 is 1. The summed E-state index contributed by atoms with van der Waals surface area (Å²) >= 11 is 0. The monoisotopic (exact) mass is 256 g/mol. The van der Waals surface area contributed by atoms with E-state index in [0.717, 1.165) is 25.8 Å². The summed E-state index contributed by atoms with van der Waals surface area (Å²) < 4.78 is 4.47. The molecular formula is C12H20N2O4. The molecule has 0 aromatic heterocycles. The highest BCUT2D eigenvalue weighted by atomic mass is 16.5. The van der Waals surface area contributed by atoms with E-state index >= 15 is 0 Å². The van der Waals surface area contributed by atoms with Crippen LogP contribution < -0.4 is 10.6 Å². The highest BCUT2D eigenvalue weighted by Gasteiger charge is 2.27. The number of Topliss-reactive ketones (excluding diaryl/α,β-unsaturated/α-hetero) is 1. The molecule has 0 spiro atoms. The Hall–Kier alpha value is -1.43. The van der Waals surface area contributed by atoms with Crippen molar-refractivity contribution in [3.05, 3.63) is 0 Å². The number of piperidine rings is 1. The van der Waals surface area contributed by atoms with Crippen LogP contribution in [0.4, 0.5) is 0 Å². The second-order valence-electron chi connectivity index (χ2n) is 4.49. The molecule has 102 valence electrons. The molecule has 1 fully saturated rings. The molecule has 1 rings (SSSR count). The predicted octanol–water partition coefficient (Wildman–Crippen LogP) is -0.235. The van der Waals surface area contributed by atoms with Crippen LogP contribution in [0.5, 0.6) is 0 Å². The lowest BCUT2D eigenvalue weighted by atomic mass is 10.0. The summed E-state index contributed by atoms with van der Waals surface area (Å²) in [6.45, 7) is 2.16. The molecule has 0 saturated carbocycles. The van der Waals surface area contributed by atoms with Crippen LogP contribution in [-0.4, -0.2) is 43.4 Å². The fourth-order valence-corrected chi connectivity index (χ4v) is 1.99. The number of amides is 1. The molecule has 18 heavy (non-hydrogen) atoms. The van der Waals surface area contributed by atoms with Crippen LogP contribution >= 0.6 is 0 Å². The minimum Gasteiger partial charge on any atom is -0.467 e. The molecule has 2 atom stereocenters. The number of esters is 1. The van der Waals surface area contributed by atoms with E-state index in [1.165, 1.54) is 14.0 Å². The topological polar surface area (TPSA) is 84.5 Å². The maximum Gasteiger partial charge on any atom is 0.336 e.